The lowest BCUT2D eigenvalue weighted by atomic mass is 10.3. The molecule has 1 aromatic carbocycles. The highest BCUT2D eigenvalue weighted by Gasteiger charge is 2.01. The predicted octanol–water partition coefficient (Wildman–Crippen LogP) is 3.35. The lowest BCUT2D eigenvalue weighted by Crippen LogP contribution is -1.97. The minimum absolute atomic E-state index is 0.486. The summed E-state index contributed by atoms with van der Waals surface area (Å²) in [5.41, 5.74) is 0. The van der Waals surface area contributed by atoms with Crippen LogP contribution >= 0.6 is 23.2 Å². The lowest BCUT2D eigenvalue weighted by Gasteiger charge is -2.06. The van der Waals surface area contributed by atoms with Crippen LogP contribution < -0.4 is 4.74 Å². The van der Waals surface area contributed by atoms with Crippen molar-refractivity contribution in [2.75, 3.05) is 6.61 Å². The van der Waals surface area contributed by atoms with E-state index < -0.39 is 0 Å². The Labute approximate surface area is 92.8 Å². The number of rotatable bonds is 5. The van der Waals surface area contributed by atoms with Crippen LogP contribution in [-0.2, 0) is 4.79 Å². The molecule has 0 amide bonds. The third-order valence-corrected chi connectivity index (χ3v) is 2.15. The van der Waals surface area contributed by atoms with Gasteiger partial charge in [0.15, 0.2) is 0 Å². The molecule has 0 aliphatic heterocycles. The van der Waals surface area contributed by atoms with Crippen LogP contribution in [0.5, 0.6) is 5.75 Å². The van der Waals surface area contributed by atoms with Crippen molar-refractivity contribution in [3.63, 3.8) is 0 Å². The molecule has 1 rings (SSSR count). The molecular formula is C10H10Cl2O2. The van der Waals surface area contributed by atoms with Gasteiger partial charge in [-0.25, -0.2) is 0 Å². The number of hydrogen-bond acceptors (Lipinski definition) is 2. The second-order valence-electron chi connectivity index (χ2n) is 2.73. The molecule has 1 aromatic rings. The molecule has 0 bridgehead atoms. The van der Waals surface area contributed by atoms with Crippen LogP contribution in [0.1, 0.15) is 12.8 Å². The molecule has 14 heavy (non-hydrogen) atoms. The molecule has 0 unspecified atom stereocenters. The smallest absolute Gasteiger partial charge is 0.137 e. The Morgan fingerprint density at radius 1 is 1.36 bits per heavy atom. The predicted molar refractivity (Wildman–Crippen MR) is 57.3 cm³/mol. The van der Waals surface area contributed by atoms with Gasteiger partial charge in [0.25, 0.3) is 0 Å². The van der Waals surface area contributed by atoms with Crippen LogP contribution in [0.2, 0.25) is 10.0 Å². The molecule has 4 heteroatoms. The summed E-state index contributed by atoms with van der Waals surface area (Å²) in [5, 5.41) is 1.07. The van der Waals surface area contributed by atoms with E-state index in [0.717, 1.165) is 6.29 Å². The summed E-state index contributed by atoms with van der Waals surface area (Å²) in [6, 6.07) is 5.05. The van der Waals surface area contributed by atoms with E-state index in [9.17, 15) is 4.79 Å². The van der Waals surface area contributed by atoms with Gasteiger partial charge in [0.2, 0.25) is 0 Å². The van der Waals surface area contributed by atoms with Crippen molar-refractivity contribution in [2.24, 2.45) is 0 Å². The maximum Gasteiger partial charge on any atom is 0.137 e. The molecule has 2 nitrogen and oxygen atoms in total. The van der Waals surface area contributed by atoms with E-state index in [2.05, 4.69) is 0 Å². The number of unbranched alkanes of at least 4 members (excludes halogenated alkanes) is 1. The van der Waals surface area contributed by atoms with E-state index in [1.54, 1.807) is 18.2 Å². The van der Waals surface area contributed by atoms with E-state index in [1.165, 1.54) is 0 Å². The first kappa shape index (κ1) is 11.3. The zero-order valence-corrected chi connectivity index (χ0v) is 9.02. The Balaban J connectivity index is 2.46. The zero-order chi connectivity index (χ0) is 10.4. The first-order valence-electron chi connectivity index (χ1n) is 4.25. The van der Waals surface area contributed by atoms with Crippen LogP contribution in [0.15, 0.2) is 18.2 Å². The van der Waals surface area contributed by atoms with Gasteiger partial charge in [0.05, 0.1) is 11.6 Å². The lowest BCUT2D eigenvalue weighted by molar-refractivity contribution is -0.108. The Morgan fingerprint density at radius 3 is 2.79 bits per heavy atom. The number of hydrogen-bond donors (Lipinski definition) is 0. The molecule has 0 aliphatic carbocycles. The van der Waals surface area contributed by atoms with E-state index in [4.69, 9.17) is 27.9 Å². The minimum Gasteiger partial charge on any atom is -0.492 e. The summed E-state index contributed by atoms with van der Waals surface area (Å²) in [4.78, 5) is 10.0. The zero-order valence-electron chi connectivity index (χ0n) is 7.50. The molecule has 0 saturated carbocycles. The maximum absolute atomic E-state index is 10.0. The second-order valence-corrected chi connectivity index (χ2v) is 3.58. The Hall–Kier alpha value is -0.730. The highest BCUT2D eigenvalue weighted by Crippen LogP contribution is 2.27. The van der Waals surface area contributed by atoms with Gasteiger partial charge in [0, 0.05) is 11.4 Å². The molecule has 0 spiro atoms. The molecule has 0 saturated heterocycles. The van der Waals surface area contributed by atoms with Crippen molar-refractivity contribution in [1.82, 2.24) is 0 Å². The standard InChI is InChI=1S/C10H10Cl2O2/c11-8-3-4-10(9(12)7-8)14-6-2-1-5-13/h3-5,7H,1-2,6H2. The highest BCUT2D eigenvalue weighted by molar-refractivity contribution is 6.35. The summed E-state index contributed by atoms with van der Waals surface area (Å²) in [5.74, 6) is 0.599. The maximum atomic E-state index is 10.0. The van der Waals surface area contributed by atoms with Crippen molar-refractivity contribution >= 4 is 29.5 Å². The average Bonchev–Trinajstić information content (AvgIpc) is 2.15. The van der Waals surface area contributed by atoms with Crippen molar-refractivity contribution in [2.45, 2.75) is 12.8 Å². The Morgan fingerprint density at radius 2 is 2.14 bits per heavy atom. The van der Waals surface area contributed by atoms with Gasteiger partial charge in [-0.15, -0.1) is 0 Å². The Kier molecular flexibility index (Phi) is 4.77. The van der Waals surface area contributed by atoms with E-state index in [-0.39, 0.29) is 0 Å². The van der Waals surface area contributed by atoms with Crippen molar-refractivity contribution < 1.29 is 9.53 Å². The minimum atomic E-state index is 0.486. The fourth-order valence-electron chi connectivity index (χ4n) is 0.941. The van der Waals surface area contributed by atoms with Crippen LogP contribution in [-0.4, -0.2) is 12.9 Å². The van der Waals surface area contributed by atoms with Crippen molar-refractivity contribution in [1.29, 1.82) is 0 Å². The first-order valence-corrected chi connectivity index (χ1v) is 5.01. The number of carbonyl (C=O) groups is 1. The molecule has 0 aliphatic rings. The number of carbonyl (C=O) groups excluding carboxylic acids is 1. The summed E-state index contributed by atoms with van der Waals surface area (Å²) in [6.07, 6.45) is 2.07. The first-order chi connectivity index (χ1) is 6.74. The van der Waals surface area contributed by atoms with Crippen LogP contribution in [0, 0.1) is 0 Å². The molecule has 0 atom stereocenters. The summed E-state index contributed by atoms with van der Waals surface area (Å²) >= 11 is 11.6. The molecule has 0 fully saturated rings. The van der Waals surface area contributed by atoms with Gasteiger partial charge >= 0.3 is 0 Å². The molecular weight excluding hydrogens is 223 g/mol. The van der Waals surface area contributed by atoms with Gasteiger partial charge in [-0.2, -0.15) is 0 Å². The number of benzene rings is 1. The fourth-order valence-corrected chi connectivity index (χ4v) is 1.40. The summed E-state index contributed by atoms with van der Waals surface area (Å²) in [6.45, 7) is 0.486. The van der Waals surface area contributed by atoms with Crippen molar-refractivity contribution in [3.8, 4) is 5.75 Å². The molecule has 0 N–H and O–H groups in total. The monoisotopic (exact) mass is 232 g/mol. The van der Waals surface area contributed by atoms with Gasteiger partial charge in [-0.3, -0.25) is 0 Å². The molecule has 0 aromatic heterocycles. The van der Waals surface area contributed by atoms with Gasteiger partial charge in [0.1, 0.15) is 12.0 Å². The number of ether oxygens (including phenoxy) is 1. The van der Waals surface area contributed by atoms with Gasteiger partial charge in [-0.05, 0) is 24.6 Å². The van der Waals surface area contributed by atoms with Crippen LogP contribution in [0.4, 0.5) is 0 Å². The number of aldehydes is 1. The largest absolute Gasteiger partial charge is 0.492 e. The van der Waals surface area contributed by atoms with E-state index in [1.807, 2.05) is 0 Å². The summed E-state index contributed by atoms with van der Waals surface area (Å²) < 4.78 is 5.34. The topological polar surface area (TPSA) is 26.3 Å². The van der Waals surface area contributed by atoms with Crippen LogP contribution in [0.3, 0.4) is 0 Å². The highest BCUT2D eigenvalue weighted by atomic mass is 35.5. The quantitative estimate of drug-likeness (QED) is 0.575. The molecule has 76 valence electrons. The third kappa shape index (κ3) is 3.56. The average molecular weight is 233 g/mol. The SMILES string of the molecule is O=CCCCOc1ccc(Cl)cc1Cl. The number of halogens is 2. The Bertz CT molecular complexity index is 313. The van der Waals surface area contributed by atoms with Crippen LogP contribution in [0.25, 0.3) is 0 Å². The van der Waals surface area contributed by atoms with Gasteiger partial charge < -0.3 is 9.53 Å². The third-order valence-electron chi connectivity index (χ3n) is 1.62. The fraction of sp³-hybridized carbons (Fsp3) is 0.300. The second kappa shape index (κ2) is 5.89. The molecule has 0 heterocycles. The van der Waals surface area contributed by atoms with Gasteiger partial charge in [-0.1, -0.05) is 23.2 Å². The summed E-state index contributed by atoms with van der Waals surface area (Å²) in [7, 11) is 0. The van der Waals surface area contributed by atoms with E-state index in [0.29, 0.717) is 35.2 Å². The molecule has 0 radical (unpaired) electrons. The van der Waals surface area contributed by atoms with Crippen molar-refractivity contribution in [3.05, 3.63) is 28.2 Å². The normalized spacial score (nSPS) is 9.86. The van der Waals surface area contributed by atoms with E-state index >= 15 is 0 Å².